The number of pyridine rings is 1. The Hall–Kier alpha value is -3.34. The van der Waals surface area contributed by atoms with E-state index in [1.165, 1.54) is 12.7 Å². The van der Waals surface area contributed by atoms with E-state index >= 15 is 0 Å². The van der Waals surface area contributed by atoms with Crippen LogP contribution in [-0.4, -0.2) is 44.5 Å². The number of benzene rings is 2. The molecule has 0 spiro atoms. The lowest BCUT2D eigenvalue weighted by Gasteiger charge is -2.41. The van der Waals surface area contributed by atoms with E-state index in [0.717, 1.165) is 34.5 Å². The summed E-state index contributed by atoms with van der Waals surface area (Å²) in [5, 5.41) is 4.56. The summed E-state index contributed by atoms with van der Waals surface area (Å²) in [4.78, 5) is 8.86. The summed E-state index contributed by atoms with van der Waals surface area (Å²) in [5.74, 6) is 0.366. The Morgan fingerprint density at radius 2 is 1.93 bits per heavy atom. The lowest BCUT2D eigenvalue weighted by Crippen LogP contribution is -2.42. The highest BCUT2D eigenvalue weighted by Gasteiger charge is 2.43. The molecule has 0 radical (unpaired) electrons. The smallest absolute Gasteiger partial charge is 0.229 e. The molecule has 1 fully saturated rings. The average Bonchev–Trinajstić information content (AvgIpc) is 3.23. The maximum absolute atomic E-state index is 11.9. The molecule has 1 saturated heterocycles. The predicted molar refractivity (Wildman–Crippen MR) is 167 cm³/mol. The number of allylic oxidation sites excluding steroid dienone is 1. The molecule has 5 rings (SSSR count). The average molecular weight is 598 g/mol. The number of aromatic nitrogens is 1. The SMILES string of the molecule is COc1cc(N2C(=S)N[C@H](c3ccccn3)[C@H]2c2cc3c(cc2Cl)N(C)C(C)(C)C=C3C)ccc1NS(C)(=O)=O. The Morgan fingerprint density at radius 3 is 2.58 bits per heavy atom. The van der Waals surface area contributed by atoms with Gasteiger partial charge in [0.05, 0.1) is 42.4 Å². The summed E-state index contributed by atoms with van der Waals surface area (Å²) in [6.07, 6.45) is 5.12. The van der Waals surface area contributed by atoms with Gasteiger partial charge in [-0.15, -0.1) is 0 Å². The van der Waals surface area contributed by atoms with Crippen molar-refractivity contribution in [2.45, 2.75) is 38.4 Å². The molecule has 40 heavy (non-hydrogen) atoms. The Balaban J connectivity index is 1.68. The quantitative estimate of drug-likeness (QED) is 0.339. The van der Waals surface area contributed by atoms with Crippen LogP contribution in [-0.2, 0) is 10.0 Å². The van der Waals surface area contributed by atoms with Gasteiger partial charge in [-0.1, -0.05) is 23.7 Å². The van der Waals surface area contributed by atoms with Gasteiger partial charge in [0.2, 0.25) is 10.0 Å². The van der Waals surface area contributed by atoms with Crippen molar-refractivity contribution in [2.75, 3.05) is 34.9 Å². The summed E-state index contributed by atoms with van der Waals surface area (Å²) in [6.45, 7) is 6.47. The number of ether oxygens (including phenoxy) is 1. The van der Waals surface area contributed by atoms with Crippen molar-refractivity contribution >= 4 is 61.6 Å². The van der Waals surface area contributed by atoms with E-state index in [-0.39, 0.29) is 17.6 Å². The third-order valence-corrected chi connectivity index (χ3v) is 8.74. The number of rotatable bonds is 6. The van der Waals surface area contributed by atoms with Crippen molar-refractivity contribution in [3.8, 4) is 5.75 Å². The number of likely N-dealkylation sites (N-methyl/N-ethyl adjacent to an activating group) is 1. The van der Waals surface area contributed by atoms with Crippen LogP contribution in [0.25, 0.3) is 5.57 Å². The molecule has 0 amide bonds. The van der Waals surface area contributed by atoms with Gasteiger partial charge in [-0.05, 0) is 80.5 Å². The van der Waals surface area contributed by atoms with E-state index in [1.807, 2.05) is 35.2 Å². The third kappa shape index (κ3) is 5.11. The number of methoxy groups -OCH3 is 1. The molecule has 2 aliphatic rings. The van der Waals surface area contributed by atoms with E-state index in [0.29, 0.717) is 21.6 Å². The second-order valence-corrected chi connectivity index (χ2v) is 13.2. The van der Waals surface area contributed by atoms with E-state index in [2.05, 4.69) is 59.9 Å². The monoisotopic (exact) mass is 597 g/mol. The molecule has 3 heterocycles. The molecular weight excluding hydrogens is 566 g/mol. The van der Waals surface area contributed by atoms with Gasteiger partial charge >= 0.3 is 0 Å². The Labute approximate surface area is 246 Å². The van der Waals surface area contributed by atoms with Gasteiger partial charge in [-0.3, -0.25) is 9.71 Å². The number of thiocarbonyl (C=S) groups is 1. The van der Waals surface area contributed by atoms with Gasteiger partial charge < -0.3 is 19.9 Å². The molecule has 0 bridgehead atoms. The molecule has 0 saturated carbocycles. The fraction of sp³-hybridized carbons (Fsp3) is 0.310. The van der Waals surface area contributed by atoms with Crippen molar-refractivity contribution in [3.63, 3.8) is 0 Å². The standard InChI is InChI=1S/C29H32ClN5O3S2/c1-17-16-29(2,3)34(4)24-15-21(30)20(14-19(17)24)27-26(23-9-7-8-12-31-23)32-28(39)35(27)18-10-11-22(25(13-18)38-5)33-40(6,36)37/h7-16,26-27,33H,1-6H3,(H,32,39)/t26-,27-/m1/s1. The van der Waals surface area contributed by atoms with Crippen molar-refractivity contribution in [1.82, 2.24) is 10.3 Å². The van der Waals surface area contributed by atoms with Crippen molar-refractivity contribution in [3.05, 3.63) is 82.6 Å². The number of anilines is 3. The van der Waals surface area contributed by atoms with Gasteiger partial charge in [-0.25, -0.2) is 8.42 Å². The van der Waals surface area contributed by atoms with Crippen molar-refractivity contribution in [1.29, 1.82) is 0 Å². The molecule has 2 N–H and O–H groups in total. The molecule has 1 aromatic heterocycles. The molecule has 0 aliphatic carbocycles. The van der Waals surface area contributed by atoms with Crippen LogP contribution >= 0.6 is 23.8 Å². The first kappa shape index (κ1) is 28.2. The Morgan fingerprint density at radius 1 is 1.18 bits per heavy atom. The van der Waals surface area contributed by atoms with Crippen LogP contribution in [0.3, 0.4) is 0 Å². The minimum absolute atomic E-state index is 0.154. The predicted octanol–water partition coefficient (Wildman–Crippen LogP) is 5.92. The van der Waals surface area contributed by atoms with E-state index in [4.69, 9.17) is 28.6 Å². The number of hydrogen-bond acceptors (Lipinski definition) is 6. The summed E-state index contributed by atoms with van der Waals surface area (Å²) in [6, 6.07) is 14.5. The first-order valence-corrected chi connectivity index (χ1v) is 15.4. The van der Waals surface area contributed by atoms with E-state index in [1.54, 1.807) is 18.3 Å². The summed E-state index contributed by atoms with van der Waals surface area (Å²) in [5.41, 5.74) is 5.94. The first-order chi connectivity index (χ1) is 18.8. The van der Waals surface area contributed by atoms with Crippen LogP contribution in [0.15, 0.2) is 60.8 Å². The lowest BCUT2D eigenvalue weighted by molar-refractivity contribution is 0.417. The van der Waals surface area contributed by atoms with Crippen molar-refractivity contribution in [2.24, 2.45) is 0 Å². The minimum Gasteiger partial charge on any atom is -0.494 e. The molecule has 3 aromatic rings. The largest absolute Gasteiger partial charge is 0.494 e. The normalized spacial score (nSPS) is 20.1. The van der Waals surface area contributed by atoms with Gasteiger partial charge in [0.25, 0.3) is 0 Å². The number of halogens is 1. The van der Waals surface area contributed by atoms with Crippen molar-refractivity contribution < 1.29 is 13.2 Å². The Kier molecular flexibility index (Phi) is 7.22. The Bertz CT molecular complexity index is 1630. The van der Waals surface area contributed by atoms with Crippen LogP contribution in [0, 0.1) is 0 Å². The number of nitrogens with zero attached hydrogens (tertiary/aromatic N) is 3. The van der Waals surface area contributed by atoms with Crippen LogP contribution in [0.1, 0.15) is 49.7 Å². The zero-order valence-corrected chi connectivity index (χ0v) is 25.6. The molecule has 2 aromatic carbocycles. The van der Waals surface area contributed by atoms with Gasteiger partial charge in [0.1, 0.15) is 5.75 Å². The maximum Gasteiger partial charge on any atom is 0.229 e. The summed E-state index contributed by atoms with van der Waals surface area (Å²) < 4.78 is 31.9. The first-order valence-electron chi connectivity index (χ1n) is 12.7. The zero-order valence-electron chi connectivity index (χ0n) is 23.2. The minimum atomic E-state index is -3.50. The maximum atomic E-state index is 11.9. The highest BCUT2D eigenvalue weighted by molar-refractivity contribution is 7.92. The zero-order chi connectivity index (χ0) is 29.0. The molecule has 210 valence electrons. The summed E-state index contributed by atoms with van der Waals surface area (Å²) >= 11 is 13.0. The molecule has 2 aliphatic heterocycles. The summed E-state index contributed by atoms with van der Waals surface area (Å²) in [7, 11) is 0.0693. The van der Waals surface area contributed by atoms with E-state index < -0.39 is 10.0 Å². The molecule has 0 unspecified atom stereocenters. The molecular formula is C29H32ClN5O3S2. The molecule has 2 atom stereocenters. The van der Waals surface area contributed by atoms with E-state index in [9.17, 15) is 8.42 Å². The fourth-order valence-corrected chi connectivity index (χ4v) is 6.66. The van der Waals surface area contributed by atoms with Gasteiger partial charge in [0, 0.05) is 41.3 Å². The second kappa shape index (κ2) is 10.2. The molecule has 8 nitrogen and oxygen atoms in total. The lowest BCUT2D eigenvalue weighted by atomic mass is 9.86. The van der Waals surface area contributed by atoms with Gasteiger partial charge in [0.15, 0.2) is 5.11 Å². The van der Waals surface area contributed by atoms with Crippen LogP contribution in [0.4, 0.5) is 17.1 Å². The third-order valence-electron chi connectivity index (χ3n) is 7.51. The topological polar surface area (TPSA) is 86.8 Å². The highest BCUT2D eigenvalue weighted by atomic mass is 35.5. The van der Waals surface area contributed by atoms with Crippen LogP contribution in [0.5, 0.6) is 5.75 Å². The molecule has 11 heteroatoms. The fourth-order valence-electron chi connectivity index (χ4n) is 5.48. The number of sulfonamides is 1. The van der Waals surface area contributed by atoms with Crippen LogP contribution in [0.2, 0.25) is 5.02 Å². The number of nitrogens with one attached hydrogen (secondary N) is 2. The number of hydrogen-bond donors (Lipinski definition) is 2. The van der Waals surface area contributed by atoms with Crippen LogP contribution < -0.4 is 24.6 Å². The highest BCUT2D eigenvalue weighted by Crippen LogP contribution is 2.48. The van der Waals surface area contributed by atoms with Gasteiger partial charge in [-0.2, -0.15) is 0 Å². The number of fused-ring (bicyclic) bond motifs is 1. The second-order valence-electron chi connectivity index (χ2n) is 10.7.